The summed E-state index contributed by atoms with van der Waals surface area (Å²) in [7, 11) is 0. The van der Waals surface area contributed by atoms with E-state index in [0.717, 1.165) is 55.3 Å². The minimum Gasteiger partial charge on any atom is -0.456 e. The summed E-state index contributed by atoms with van der Waals surface area (Å²) < 4.78 is 9.25. The van der Waals surface area contributed by atoms with Crippen molar-refractivity contribution >= 4 is 53.4 Å². The van der Waals surface area contributed by atoms with Gasteiger partial charge in [-0.3, -0.25) is 0 Å². The van der Waals surface area contributed by atoms with Gasteiger partial charge in [-0.25, -0.2) is 15.0 Å². The first-order valence-electron chi connectivity index (χ1n) is 18.7. The topological polar surface area (TPSA) is 51.8 Å². The molecule has 11 rings (SSSR count). The molecule has 11 aromatic rings. The number of aromatic nitrogens is 3. The van der Waals surface area contributed by atoms with Gasteiger partial charge in [-0.1, -0.05) is 146 Å². The molecule has 0 spiro atoms. The van der Waals surface area contributed by atoms with E-state index in [9.17, 15) is 0 Å². The van der Waals surface area contributed by atoms with Crippen molar-refractivity contribution < 1.29 is 4.42 Å². The van der Waals surface area contributed by atoms with Crippen LogP contribution in [0.5, 0.6) is 0 Å². The molecule has 0 amide bonds. The lowest BCUT2D eigenvalue weighted by molar-refractivity contribution is 0.669. The highest BCUT2D eigenvalue weighted by molar-refractivity contribution is 7.26. The maximum Gasteiger partial charge on any atom is 0.164 e. The lowest BCUT2D eigenvalue weighted by Crippen LogP contribution is -2.00. The fourth-order valence-electron chi connectivity index (χ4n) is 7.84. The van der Waals surface area contributed by atoms with E-state index >= 15 is 0 Å². The molecule has 0 aliphatic rings. The van der Waals surface area contributed by atoms with Crippen molar-refractivity contribution in [1.82, 2.24) is 15.0 Å². The second kappa shape index (κ2) is 13.3. The van der Waals surface area contributed by atoms with Gasteiger partial charge in [0.2, 0.25) is 0 Å². The SMILES string of the molecule is c1ccc(-c2cc(-c3ccc4c(c3)oc3cccc(-c5cccc(-c6nc(-c7ccccc7)nc(-c7ccccc7)n6)c5)c34)c3sc4ccccc4c3c2)cc1. The molecule has 4 nitrogen and oxygen atoms in total. The van der Waals surface area contributed by atoms with Crippen LogP contribution in [0.1, 0.15) is 0 Å². The van der Waals surface area contributed by atoms with Gasteiger partial charge in [0.25, 0.3) is 0 Å². The molecule has 5 heteroatoms. The molecule has 3 aromatic heterocycles. The molecule has 0 saturated heterocycles. The molecule has 0 unspecified atom stereocenters. The van der Waals surface area contributed by atoms with Crippen LogP contribution in [0.3, 0.4) is 0 Å². The lowest BCUT2D eigenvalue weighted by atomic mass is 9.94. The molecule has 0 aliphatic heterocycles. The highest BCUT2D eigenvalue weighted by Crippen LogP contribution is 2.45. The van der Waals surface area contributed by atoms with Gasteiger partial charge in [-0.15, -0.1) is 11.3 Å². The first-order chi connectivity index (χ1) is 27.7. The smallest absolute Gasteiger partial charge is 0.164 e. The molecule has 0 bridgehead atoms. The van der Waals surface area contributed by atoms with Crippen LogP contribution in [0.25, 0.3) is 110 Å². The Kier molecular flexibility index (Phi) is 7.64. The zero-order valence-electron chi connectivity index (χ0n) is 30.1. The molecule has 0 fully saturated rings. The fraction of sp³-hybridized carbons (Fsp3) is 0. The van der Waals surface area contributed by atoms with Crippen molar-refractivity contribution in [2.75, 3.05) is 0 Å². The Morgan fingerprint density at radius 3 is 1.66 bits per heavy atom. The summed E-state index contributed by atoms with van der Waals surface area (Å²) in [4.78, 5) is 14.9. The summed E-state index contributed by atoms with van der Waals surface area (Å²) in [5.41, 5.74) is 11.4. The second-order valence-corrected chi connectivity index (χ2v) is 15.0. The van der Waals surface area contributed by atoms with E-state index < -0.39 is 0 Å². The number of hydrogen-bond donors (Lipinski definition) is 0. The summed E-state index contributed by atoms with van der Waals surface area (Å²) in [6.45, 7) is 0. The first-order valence-corrected chi connectivity index (χ1v) is 19.5. The van der Waals surface area contributed by atoms with Gasteiger partial charge in [0.15, 0.2) is 17.5 Å². The zero-order valence-corrected chi connectivity index (χ0v) is 30.9. The predicted molar refractivity (Wildman–Crippen MR) is 233 cm³/mol. The summed E-state index contributed by atoms with van der Waals surface area (Å²) in [6, 6.07) is 65.7. The lowest BCUT2D eigenvalue weighted by Gasteiger charge is -2.10. The van der Waals surface area contributed by atoms with Crippen molar-refractivity contribution in [2.24, 2.45) is 0 Å². The number of furan rings is 1. The molecule has 0 radical (unpaired) electrons. The van der Waals surface area contributed by atoms with E-state index in [1.807, 2.05) is 72.0 Å². The normalized spacial score (nSPS) is 11.6. The van der Waals surface area contributed by atoms with Crippen LogP contribution in [0.2, 0.25) is 0 Å². The predicted octanol–water partition coefficient (Wildman–Crippen LogP) is 14.1. The van der Waals surface area contributed by atoms with Gasteiger partial charge in [0, 0.05) is 53.2 Å². The van der Waals surface area contributed by atoms with Crippen LogP contribution in [-0.2, 0) is 0 Å². The van der Waals surface area contributed by atoms with Crippen LogP contribution < -0.4 is 0 Å². The Labute approximate surface area is 327 Å². The van der Waals surface area contributed by atoms with Gasteiger partial charge < -0.3 is 4.42 Å². The van der Waals surface area contributed by atoms with E-state index in [2.05, 4.69) is 127 Å². The summed E-state index contributed by atoms with van der Waals surface area (Å²) >= 11 is 1.85. The molecule has 0 aliphatic carbocycles. The Hall–Kier alpha value is -7.21. The van der Waals surface area contributed by atoms with Crippen molar-refractivity contribution in [2.45, 2.75) is 0 Å². The van der Waals surface area contributed by atoms with Gasteiger partial charge in [0.1, 0.15) is 11.2 Å². The van der Waals surface area contributed by atoms with Crippen molar-refractivity contribution in [3.63, 3.8) is 0 Å². The third-order valence-corrected chi connectivity index (χ3v) is 11.7. The van der Waals surface area contributed by atoms with Crippen LogP contribution in [0.15, 0.2) is 192 Å². The maximum atomic E-state index is 6.68. The van der Waals surface area contributed by atoms with E-state index in [1.165, 1.54) is 36.9 Å². The van der Waals surface area contributed by atoms with Crippen LogP contribution in [0, 0.1) is 0 Å². The maximum absolute atomic E-state index is 6.68. The molecule has 56 heavy (non-hydrogen) atoms. The monoisotopic (exact) mass is 733 g/mol. The first kappa shape index (κ1) is 32.2. The van der Waals surface area contributed by atoms with Crippen molar-refractivity contribution in [1.29, 1.82) is 0 Å². The minimum atomic E-state index is 0.624. The number of rotatable bonds is 6. The average Bonchev–Trinajstić information content (AvgIpc) is 3.85. The molecular weight excluding hydrogens is 703 g/mol. The average molecular weight is 734 g/mol. The van der Waals surface area contributed by atoms with E-state index in [0.29, 0.717) is 17.5 Å². The van der Waals surface area contributed by atoms with E-state index in [4.69, 9.17) is 19.4 Å². The Morgan fingerprint density at radius 1 is 0.339 bits per heavy atom. The highest BCUT2D eigenvalue weighted by Gasteiger charge is 2.18. The van der Waals surface area contributed by atoms with Gasteiger partial charge in [0.05, 0.1) is 0 Å². The quantitative estimate of drug-likeness (QED) is 0.171. The van der Waals surface area contributed by atoms with Crippen molar-refractivity contribution in [3.05, 3.63) is 188 Å². The van der Waals surface area contributed by atoms with Crippen LogP contribution >= 0.6 is 11.3 Å². The van der Waals surface area contributed by atoms with Gasteiger partial charge in [-0.2, -0.15) is 0 Å². The molecule has 0 atom stereocenters. The summed E-state index contributed by atoms with van der Waals surface area (Å²) in [5, 5.41) is 4.73. The number of hydrogen-bond acceptors (Lipinski definition) is 5. The van der Waals surface area contributed by atoms with Gasteiger partial charge in [-0.05, 0) is 70.3 Å². The Bertz CT molecular complexity index is 3180. The third-order valence-electron chi connectivity index (χ3n) is 10.5. The van der Waals surface area contributed by atoms with Crippen LogP contribution in [0.4, 0.5) is 0 Å². The highest BCUT2D eigenvalue weighted by atomic mass is 32.1. The molecule has 3 heterocycles. The summed E-state index contributed by atoms with van der Waals surface area (Å²) in [6.07, 6.45) is 0. The number of fused-ring (bicyclic) bond motifs is 6. The molecular formula is C51H31N3OS. The molecule has 0 N–H and O–H groups in total. The van der Waals surface area contributed by atoms with E-state index in [1.54, 1.807) is 0 Å². The van der Waals surface area contributed by atoms with E-state index in [-0.39, 0.29) is 0 Å². The largest absolute Gasteiger partial charge is 0.456 e. The van der Waals surface area contributed by atoms with Gasteiger partial charge >= 0.3 is 0 Å². The Morgan fingerprint density at radius 2 is 0.929 bits per heavy atom. The second-order valence-electron chi connectivity index (χ2n) is 14.0. The number of benzene rings is 8. The number of thiophene rings is 1. The standard InChI is InChI=1S/C51H31N3OS/c1-4-14-32(15-5-1)38-29-42(48-43(30-38)40-22-10-11-25-46(40)56-48)36-26-27-41-45(31-36)55-44-24-13-23-39(47(41)44)35-20-12-21-37(28-35)51-53-49(33-16-6-2-7-17-33)52-50(54-51)34-18-8-3-9-19-34/h1-31H. The minimum absolute atomic E-state index is 0.624. The number of nitrogens with zero attached hydrogens (tertiary/aromatic N) is 3. The zero-order chi connectivity index (χ0) is 37.0. The third kappa shape index (κ3) is 5.56. The van der Waals surface area contributed by atoms with Crippen LogP contribution in [-0.4, -0.2) is 15.0 Å². The molecule has 262 valence electrons. The summed E-state index contributed by atoms with van der Waals surface area (Å²) in [5.74, 6) is 1.90. The fourth-order valence-corrected chi connectivity index (χ4v) is 9.06. The molecule has 8 aromatic carbocycles. The van der Waals surface area contributed by atoms with Crippen molar-refractivity contribution in [3.8, 4) is 67.5 Å². The molecule has 0 saturated carbocycles. The Balaban J connectivity index is 1.04.